The maximum atomic E-state index is 13.1. The summed E-state index contributed by atoms with van der Waals surface area (Å²) >= 11 is 0. The summed E-state index contributed by atoms with van der Waals surface area (Å²) in [6.07, 6.45) is 9.09. The zero-order chi connectivity index (χ0) is 19.3. The molecular weight excluding hydrogens is 350 g/mol. The highest BCUT2D eigenvalue weighted by atomic mass is 16.2. The molecule has 0 radical (unpaired) electrons. The van der Waals surface area contributed by atoms with Crippen molar-refractivity contribution in [2.75, 3.05) is 50.1 Å². The van der Waals surface area contributed by atoms with Gasteiger partial charge in [0.05, 0.1) is 0 Å². The molecule has 6 rings (SSSR count). The van der Waals surface area contributed by atoms with Crippen LogP contribution in [0.5, 0.6) is 0 Å². The lowest BCUT2D eigenvalue weighted by atomic mass is 9.49. The normalized spacial score (nSPS) is 34.0. The number of hydrogen-bond acceptors (Lipinski definition) is 5. The second-order valence-corrected chi connectivity index (χ2v) is 10.1. The van der Waals surface area contributed by atoms with Crippen molar-refractivity contribution in [3.05, 3.63) is 12.1 Å². The van der Waals surface area contributed by atoms with Gasteiger partial charge in [0.15, 0.2) is 11.6 Å². The van der Waals surface area contributed by atoms with E-state index in [-0.39, 0.29) is 0 Å². The van der Waals surface area contributed by atoms with E-state index in [9.17, 15) is 4.79 Å². The molecule has 1 saturated heterocycles. The molecule has 1 amide bonds. The molecule has 1 aliphatic heterocycles. The van der Waals surface area contributed by atoms with Crippen LogP contribution in [0.1, 0.15) is 44.9 Å². The summed E-state index contributed by atoms with van der Waals surface area (Å²) in [7, 11) is 3.94. The van der Waals surface area contributed by atoms with Gasteiger partial charge in [-0.25, -0.2) is 0 Å². The highest BCUT2D eigenvalue weighted by molar-refractivity contribution is 5.77. The Morgan fingerprint density at radius 2 is 1.61 bits per heavy atom. The number of aromatic nitrogens is 2. The van der Waals surface area contributed by atoms with E-state index >= 15 is 0 Å². The number of rotatable bonds is 4. The summed E-state index contributed by atoms with van der Waals surface area (Å²) < 4.78 is 0. The van der Waals surface area contributed by atoms with Crippen molar-refractivity contribution in [1.29, 1.82) is 0 Å². The largest absolute Gasteiger partial charge is 0.361 e. The third-order valence-corrected chi connectivity index (χ3v) is 7.74. The molecule has 1 aromatic rings. The van der Waals surface area contributed by atoms with Gasteiger partial charge in [-0.2, -0.15) is 0 Å². The second-order valence-electron chi connectivity index (χ2n) is 10.1. The Kier molecular flexibility index (Phi) is 4.48. The second kappa shape index (κ2) is 6.89. The Morgan fingerprint density at radius 3 is 2.11 bits per heavy atom. The lowest BCUT2D eigenvalue weighted by Gasteiger charge is -2.57. The summed E-state index contributed by atoms with van der Waals surface area (Å²) in [5, 5.41) is 8.65. The van der Waals surface area contributed by atoms with Gasteiger partial charge in [0.1, 0.15) is 0 Å². The molecule has 6 heteroatoms. The Bertz CT molecular complexity index is 688. The first-order valence-electron chi connectivity index (χ1n) is 11.0. The minimum absolute atomic E-state index is 0.344. The minimum Gasteiger partial charge on any atom is -0.361 e. The third kappa shape index (κ3) is 3.35. The Hall–Kier alpha value is -1.85. The van der Waals surface area contributed by atoms with E-state index in [2.05, 4.69) is 20.0 Å². The van der Waals surface area contributed by atoms with Crippen molar-refractivity contribution in [3.8, 4) is 0 Å². The van der Waals surface area contributed by atoms with Crippen molar-refractivity contribution in [3.63, 3.8) is 0 Å². The fourth-order valence-electron chi connectivity index (χ4n) is 6.85. The molecule has 0 unspecified atom stereocenters. The average Bonchev–Trinajstić information content (AvgIpc) is 2.67. The van der Waals surface area contributed by atoms with E-state index in [4.69, 9.17) is 0 Å². The molecule has 5 fully saturated rings. The lowest BCUT2D eigenvalue weighted by molar-refractivity contribution is -0.139. The van der Waals surface area contributed by atoms with Crippen LogP contribution < -0.4 is 9.80 Å². The topological polar surface area (TPSA) is 52.6 Å². The van der Waals surface area contributed by atoms with Crippen LogP contribution in [-0.4, -0.2) is 61.3 Å². The highest BCUT2D eigenvalue weighted by Crippen LogP contribution is 2.61. The molecule has 4 saturated carbocycles. The number of hydrogen-bond donors (Lipinski definition) is 0. The molecule has 5 aliphatic rings. The van der Waals surface area contributed by atoms with Crippen LogP contribution in [0, 0.1) is 23.2 Å². The predicted octanol–water partition coefficient (Wildman–Crippen LogP) is 2.80. The first kappa shape index (κ1) is 18.2. The van der Waals surface area contributed by atoms with Gasteiger partial charge < -0.3 is 14.7 Å². The molecule has 28 heavy (non-hydrogen) atoms. The van der Waals surface area contributed by atoms with Crippen LogP contribution in [0.3, 0.4) is 0 Å². The van der Waals surface area contributed by atoms with E-state index in [1.54, 1.807) is 0 Å². The summed E-state index contributed by atoms with van der Waals surface area (Å²) in [6, 6.07) is 4.04. The van der Waals surface area contributed by atoms with E-state index < -0.39 is 0 Å². The Morgan fingerprint density at radius 1 is 1.00 bits per heavy atom. The van der Waals surface area contributed by atoms with Crippen LogP contribution in [-0.2, 0) is 4.79 Å². The van der Waals surface area contributed by atoms with Gasteiger partial charge in [0.2, 0.25) is 5.91 Å². The predicted molar refractivity (Wildman–Crippen MR) is 110 cm³/mol. The van der Waals surface area contributed by atoms with Gasteiger partial charge in [-0.3, -0.25) is 4.79 Å². The van der Waals surface area contributed by atoms with Crippen molar-refractivity contribution in [2.24, 2.45) is 23.2 Å². The molecule has 6 nitrogen and oxygen atoms in total. The average molecular weight is 384 g/mol. The van der Waals surface area contributed by atoms with Crippen LogP contribution in [0.2, 0.25) is 0 Å². The van der Waals surface area contributed by atoms with Gasteiger partial charge >= 0.3 is 0 Å². The molecule has 1 aromatic heterocycles. The van der Waals surface area contributed by atoms with Crippen molar-refractivity contribution in [1.82, 2.24) is 15.1 Å². The number of anilines is 2. The smallest absolute Gasteiger partial charge is 0.223 e. The van der Waals surface area contributed by atoms with E-state index in [0.29, 0.717) is 11.3 Å². The summed E-state index contributed by atoms with van der Waals surface area (Å²) in [5.41, 5.74) is 0.344. The van der Waals surface area contributed by atoms with E-state index in [1.165, 1.54) is 38.5 Å². The maximum absolute atomic E-state index is 13.1. The number of carbonyl (C=O) groups excluding carboxylic acids is 1. The Balaban J connectivity index is 1.17. The van der Waals surface area contributed by atoms with Gasteiger partial charge in [-0.1, -0.05) is 0 Å². The Labute approximate surface area is 168 Å². The molecule has 0 spiro atoms. The van der Waals surface area contributed by atoms with Crippen molar-refractivity contribution < 1.29 is 4.79 Å². The van der Waals surface area contributed by atoms with Crippen LogP contribution in [0.25, 0.3) is 0 Å². The lowest BCUT2D eigenvalue weighted by Crippen LogP contribution is -2.52. The fraction of sp³-hybridized carbons (Fsp3) is 0.773. The number of carbonyl (C=O) groups is 1. The van der Waals surface area contributed by atoms with Crippen LogP contribution in [0.4, 0.5) is 11.6 Å². The minimum atomic E-state index is 0.344. The molecular formula is C22H33N5O. The third-order valence-electron chi connectivity index (χ3n) is 7.74. The van der Waals surface area contributed by atoms with Crippen molar-refractivity contribution in [2.45, 2.75) is 44.9 Å². The van der Waals surface area contributed by atoms with Gasteiger partial charge in [0, 0.05) is 46.7 Å². The molecule has 2 heterocycles. The monoisotopic (exact) mass is 383 g/mol. The maximum Gasteiger partial charge on any atom is 0.223 e. The van der Waals surface area contributed by atoms with E-state index in [0.717, 1.165) is 62.0 Å². The molecule has 0 aromatic carbocycles. The van der Waals surface area contributed by atoms with Gasteiger partial charge in [-0.05, 0) is 73.8 Å². The molecule has 152 valence electrons. The SMILES string of the molecule is CN(C)c1ccc(N2CCN(C(=O)CC34CC5CC(CC(C5)C3)C4)CC2)nn1. The standard InChI is InChI=1S/C22H33N5O/c1-25(2)19-3-4-20(24-23-19)26-5-7-27(8-6-26)21(28)15-22-12-16-9-17(13-22)11-18(10-16)14-22/h3-4,16-18H,5-15H2,1-2H3. The first-order valence-corrected chi connectivity index (χ1v) is 11.0. The van der Waals surface area contributed by atoms with Crippen LogP contribution in [0.15, 0.2) is 12.1 Å². The van der Waals surface area contributed by atoms with Crippen LogP contribution >= 0.6 is 0 Å². The number of piperazine rings is 1. The highest BCUT2D eigenvalue weighted by Gasteiger charge is 2.51. The zero-order valence-electron chi connectivity index (χ0n) is 17.3. The van der Waals surface area contributed by atoms with Crippen molar-refractivity contribution >= 4 is 17.5 Å². The first-order chi connectivity index (χ1) is 13.5. The number of amides is 1. The molecule has 0 N–H and O–H groups in total. The van der Waals surface area contributed by atoms with Gasteiger partial charge in [-0.15, -0.1) is 10.2 Å². The number of nitrogens with zero attached hydrogens (tertiary/aromatic N) is 5. The molecule has 0 atom stereocenters. The van der Waals surface area contributed by atoms with Gasteiger partial charge in [0.25, 0.3) is 0 Å². The molecule has 4 aliphatic carbocycles. The summed E-state index contributed by atoms with van der Waals surface area (Å²) in [5.74, 6) is 4.93. The van der Waals surface area contributed by atoms with E-state index in [1.807, 2.05) is 31.1 Å². The fourth-order valence-corrected chi connectivity index (χ4v) is 6.85. The zero-order valence-corrected chi connectivity index (χ0v) is 17.3. The summed E-state index contributed by atoms with van der Waals surface area (Å²) in [4.78, 5) is 19.4. The quantitative estimate of drug-likeness (QED) is 0.800. The molecule has 4 bridgehead atoms. The summed E-state index contributed by atoms with van der Waals surface area (Å²) in [6.45, 7) is 3.32.